The van der Waals surface area contributed by atoms with Crippen molar-refractivity contribution in [2.75, 3.05) is 0 Å². The molecule has 1 unspecified atom stereocenters. The first-order valence-corrected chi connectivity index (χ1v) is 6.68. The first-order chi connectivity index (χ1) is 8.47. The fraction of sp³-hybridized carbons (Fsp3) is 0.500. The third kappa shape index (κ3) is 1.95. The Hall–Kier alpha value is -1.28. The van der Waals surface area contributed by atoms with Gasteiger partial charge in [-0.15, -0.1) is 0 Å². The van der Waals surface area contributed by atoms with Crippen LogP contribution in [0.1, 0.15) is 51.0 Å². The Morgan fingerprint density at radius 1 is 1.28 bits per heavy atom. The van der Waals surface area contributed by atoms with Gasteiger partial charge < -0.3 is 9.52 Å². The van der Waals surface area contributed by atoms with Crippen LogP contribution in [0.2, 0.25) is 0 Å². The van der Waals surface area contributed by atoms with Crippen LogP contribution in [-0.2, 0) is 5.41 Å². The zero-order valence-electron chi connectivity index (χ0n) is 11.2. The molecule has 0 amide bonds. The molecule has 3 rings (SSSR count). The number of benzene rings is 1. The van der Waals surface area contributed by atoms with Gasteiger partial charge in [0.05, 0.1) is 0 Å². The molecule has 1 saturated carbocycles. The topological polar surface area (TPSA) is 33.4 Å². The number of fused-ring (bicyclic) bond motifs is 1. The van der Waals surface area contributed by atoms with Gasteiger partial charge in [-0.2, -0.15) is 0 Å². The Morgan fingerprint density at radius 3 is 2.61 bits per heavy atom. The predicted octanol–water partition coefficient (Wildman–Crippen LogP) is 4.17. The first kappa shape index (κ1) is 11.8. The van der Waals surface area contributed by atoms with Crippen LogP contribution >= 0.6 is 0 Å². The van der Waals surface area contributed by atoms with Crippen LogP contribution in [-0.4, -0.2) is 5.11 Å². The van der Waals surface area contributed by atoms with Crippen molar-refractivity contribution >= 4 is 11.0 Å². The van der Waals surface area contributed by atoms with Crippen molar-refractivity contribution < 1.29 is 9.52 Å². The van der Waals surface area contributed by atoms with E-state index in [4.69, 9.17) is 4.42 Å². The number of para-hydroxylation sites is 1. The SMILES string of the molecule is CC(C)(C)c1cccc2cc(C(O)C3CC3)oc12. The van der Waals surface area contributed by atoms with Crippen molar-refractivity contribution in [3.05, 3.63) is 35.6 Å². The van der Waals surface area contributed by atoms with Crippen LogP contribution in [0.3, 0.4) is 0 Å². The second kappa shape index (κ2) is 3.86. The van der Waals surface area contributed by atoms with E-state index in [0.717, 1.165) is 29.6 Å². The summed E-state index contributed by atoms with van der Waals surface area (Å²) in [7, 11) is 0. The lowest BCUT2D eigenvalue weighted by Gasteiger charge is -2.18. The average Bonchev–Trinajstić information content (AvgIpc) is 3.04. The van der Waals surface area contributed by atoms with E-state index in [1.807, 2.05) is 6.07 Å². The zero-order valence-corrected chi connectivity index (χ0v) is 11.2. The van der Waals surface area contributed by atoms with Crippen LogP contribution in [0.15, 0.2) is 28.7 Å². The molecule has 0 aliphatic heterocycles. The number of hydrogen-bond donors (Lipinski definition) is 1. The van der Waals surface area contributed by atoms with Gasteiger partial charge in [0.1, 0.15) is 17.4 Å². The number of furan rings is 1. The molecule has 2 aromatic rings. The fourth-order valence-corrected chi connectivity index (χ4v) is 2.46. The van der Waals surface area contributed by atoms with Crippen molar-refractivity contribution in [1.82, 2.24) is 0 Å². The summed E-state index contributed by atoms with van der Waals surface area (Å²) >= 11 is 0. The van der Waals surface area contributed by atoms with Gasteiger partial charge in [0.2, 0.25) is 0 Å². The van der Waals surface area contributed by atoms with Crippen molar-refractivity contribution in [3.8, 4) is 0 Å². The summed E-state index contributed by atoms with van der Waals surface area (Å²) in [5.74, 6) is 1.13. The van der Waals surface area contributed by atoms with Gasteiger partial charge in [-0.05, 0) is 30.2 Å². The van der Waals surface area contributed by atoms with Gasteiger partial charge in [-0.25, -0.2) is 0 Å². The predicted molar refractivity (Wildman–Crippen MR) is 72.6 cm³/mol. The highest BCUT2D eigenvalue weighted by Crippen LogP contribution is 2.43. The van der Waals surface area contributed by atoms with Gasteiger partial charge in [0.15, 0.2) is 0 Å². The second-order valence-electron chi connectivity index (χ2n) is 6.40. The molecule has 18 heavy (non-hydrogen) atoms. The lowest BCUT2D eigenvalue weighted by molar-refractivity contribution is 0.129. The van der Waals surface area contributed by atoms with Crippen molar-refractivity contribution in [2.24, 2.45) is 5.92 Å². The second-order valence-corrected chi connectivity index (χ2v) is 6.40. The molecule has 96 valence electrons. The molecule has 1 fully saturated rings. The molecule has 1 aromatic heterocycles. The summed E-state index contributed by atoms with van der Waals surface area (Å²) in [6, 6.07) is 8.22. The van der Waals surface area contributed by atoms with E-state index >= 15 is 0 Å². The van der Waals surface area contributed by atoms with Crippen LogP contribution in [0.5, 0.6) is 0 Å². The minimum absolute atomic E-state index is 0.0547. The van der Waals surface area contributed by atoms with E-state index in [1.165, 1.54) is 5.56 Å². The van der Waals surface area contributed by atoms with E-state index in [0.29, 0.717) is 5.92 Å². The number of aliphatic hydroxyl groups excluding tert-OH is 1. The Morgan fingerprint density at radius 2 is 2.00 bits per heavy atom. The molecular weight excluding hydrogens is 224 g/mol. The summed E-state index contributed by atoms with van der Waals surface area (Å²) in [5, 5.41) is 11.3. The van der Waals surface area contributed by atoms with E-state index in [1.54, 1.807) is 0 Å². The monoisotopic (exact) mass is 244 g/mol. The largest absolute Gasteiger partial charge is 0.458 e. The molecular formula is C16H20O2. The van der Waals surface area contributed by atoms with Gasteiger partial charge in [-0.3, -0.25) is 0 Å². The van der Waals surface area contributed by atoms with Gasteiger partial charge >= 0.3 is 0 Å². The Labute approximate surface area is 108 Å². The highest BCUT2D eigenvalue weighted by molar-refractivity contribution is 5.82. The van der Waals surface area contributed by atoms with Gasteiger partial charge in [0, 0.05) is 10.9 Å². The van der Waals surface area contributed by atoms with Gasteiger partial charge in [-0.1, -0.05) is 39.0 Å². The average molecular weight is 244 g/mol. The summed E-state index contributed by atoms with van der Waals surface area (Å²) in [5.41, 5.74) is 2.19. The standard InChI is InChI=1S/C16H20O2/c1-16(2,3)12-6-4-5-11-9-13(18-15(11)12)14(17)10-7-8-10/h4-6,9-10,14,17H,7-8H2,1-3H3. The molecule has 0 radical (unpaired) electrons. The maximum absolute atomic E-state index is 10.2. The Kier molecular flexibility index (Phi) is 2.53. The highest BCUT2D eigenvalue weighted by atomic mass is 16.4. The van der Waals surface area contributed by atoms with E-state index in [9.17, 15) is 5.11 Å². The Balaban J connectivity index is 2.11. The molecule has 1 atom stereocenters. The number of aliphatic hydroxyl groups is 1. The lowest BCUT2D eigenvalue weighted by atomic mass is 9.86. The molecule has 0 saturated heterocycles. The van der Waals surface area contributed by atoms with Crippen molar-refractivity contribution in [2.45, 2.75) is 45.1 Å². The third-order valence-electron chi connectivity index (χ3n) is 3.73. The smallest absolute Gasteiger partial charge is 0.138 e. The molecule has 2 nitrogen and oxygen atoms in total. The van der Waals surface area contributed by atoms with Crippen LogP contribution < -0.4 is 0 Å². The highest BCUT2D eigenvalue weighted by Gasteiger charge is 2.33. The fourth-order valence-electron chi connectivity index (χ4n) is 2.46. The minimum Gasteiger partial charge on any atom is -0.458 e. The molecule has 1 aliphatic rings. The quantitative estimate of drug-likeness (QED) is 0.860. The summed E-state index contributed by atoms with van der Waals surface area (Å²) < 4.78 is 5.94. The number of hydrogen-bond acceptors (Lipinski definition) is 2. The van der Waals surface area contributed by atoms with E-state index < -0.39 is 6.10 Å². The molecule has 1 N–H and O–H groups in total. The van der Waals surface area contributed by atoms with Crippen LogP contribution in [0, 0.1) is 5.92 Å². The molecule has 2 heteroatoms. The number of rotatable bonds is 2. The maximum Gasteiger partial charge on any atom is 0.138 e. The van der Waals surface area contributed by atoms with Crippen LogP contribution in [0.25, 0.3) is 11.0 Å². The molecule has 0 spiro atoms. The summed E-state index contributed by atoms with van der Waals surface area (Å²) in [6.07, 6.45) is 1.81. The minimum atomic E-state index is -0.426. The normalized spacial score (nSPS) is 18.2. The molecule has 1 aromatic carbocycles. The molecule has 0 bridgehead atoms. The summed E-state index contributed by atoms with van der Waals surface area (Å²) in [6.45, 7) is 6.55. The van der Waals surface area contributed by atoms with Crippen molar-refractivity contribution in [1.29, 1.82) is 0 Å². The lowest BCUT2D eigenvalue weighted by Crippen LogP contribution is -2.10. The zero-order chi connectivity index (χ0) is 12.9. The van der Waals surface area contributed by atoms with E-state index in [-0.39, 0.29) is 5.41 Å². The van der Waals surface area contributed by atoms with Crippen molar-refractivity contribution in [3.63, 3.8) is 0 Å². The molecule has 1 heterocycles. The Bertz CT molecular complexity index is 570. The van der Waals surface area contributed by atoms with Gasteiger partial charge in [0.25, 0.3) is 0 Å². The maximum atomic E-state index is 10.2. The van der Waals surface area contributed by atoms with E-state index in [2.05, 4.69) is 39.0 Å². The van der Waals surface area contributed by atoms with Crippen LogP contribution in [0.4, 0.5) is 0 Å². The third-order valence-corrected chi connectivity index (χ3v) is 3.73. The molecule has 1 aliphatic carbocycles. The first-order valence-electron chi connectivity index (χ1n) is 6.68. The summed E-state index contributed by atoms with van der Waals surface area (Å²) in [4.78, 5) is 0.